The zero-order valence-electron chi connectivity index (χ0n) is 9.45. The van der Waals surface area contributed by atoms with Crippen LogP contribution in [0, 0.1) is 0 Å². The highest BCUT2D eigenvalue weighted by Gasteiger charge is 2.21. The number of rotatable bonds is 3. The third kappa shape index (κ3) is 3.50. The molecule has 0 fully saturated rings. The standard InChI is InChI=1S/C10H6Br3ClN2O2S2/c11-4-1-5(12)9(7(15)2-4)16-20(17,18)8-3-6(14)10(13)19-8/h1-3,16H,15H2. The number of halogens is 4. The molecule has 0 aliphatic rings. The molecule has 3 N–H and O–H groups in total. The molecule has 108 valence electrons. The van der Waals surface area contributed by atoms with Gasteiger partial charge in [0.2, 0.25) is 0 Å². The van der Waals surface area contributed by atoms with Crippen LogP contribution in [-0.2, 0) is 10.0 Å². The van der Waals surface area contributed by atoms with Crippen molar-refractivity contribution in [2.45, 2.75) is 4.21 Å². The van der Waals surface area contributed by atoms with Crippen molar-refractivity contribution in [1.29, 1.82) is 0 Å². The molecule has 0 radical (unpaired) electrons. The number of anilines is 2. The van der Waals surface area contributed by atoms with Gasteiger partial charge < -0.3 is 5.73 Å². The molecule has 0 spiro atoms. The molecule has 20 heavy (non-hydrogen) atoms. The van der Waals surface area contributed by atoms with Gasteiger partial charge in [-0.15, -0.1) is 11.3 Å². The maximum Gasteiger partial charge on any atom is 0.271 e. The Kier molecular flexibility index (Phi) is 5.08. The summed E-state index contributed by atoms with van der Waals surface area (Å²) in [4.78, 5) is 0. The molecule has 2 rings (SSSR count). The highest BCUT2D eigenvalue weighted by molar-refractivity contribution is 9.11. The molecule has 0 unspecified atom stereocenters. The summed E-state index contributed by atoms with van der Waals surface area (Å²) in [5.41, 5.74) is 6.41. The molecule has 0 saturated heterocycles. The average molecular weight is 525 g/mol. The van der Waals surface area contributed by atoms with Crippen molar-refractivity contribution in [3.63, 3.8) is 0 Å². The van der Waals surface area contributed by atoms with Gasteiger partial charge in [-0.25, -0.2) is 8.42 Å². The van der Waals surface area contributed by atoms with Crippen molar-refractivity contribution in [3.8, 4) is 0 Å². The van der Waals surface area contributed by atoms with Gasteiger partial charge in [0.1, 0.15) is 4.21 Å². The minimum atomic E-state index is -3.74. The van der Waals surface area contributed by atoms with Crippen molar-refractivity contribution in [2.24, 2.45) is 0 Å². The van der Waals surface area contributed by atoms with Gasteiger partial charge in [-0.3, -0.25) is 4.72 Å². The second-order valence-electron chi connectivity index (χ2n) is 3.64. The van der Waals surface area contributed by atoms with Gasteiger partial charge >= 0.3 is 0 Å². The molecule has 10 heteroatoms. The van der Waals surface area contributed by atoms with Crippen LogP contribution >= 0.6 is 70.7 Å². The summed E-state index contributed by atoms with van der Waals surface area (Å²) >= 11 is 16.6. The maximum absolute atomic E-state index is 12.3. The number of nitrogens with one attached hydrogen (secondary N) is 1. The summed E-state index contributed by atoms with van der Waals surface area (Å²) in [6, 6.07) is 4.69. The second kappa shape index (κ2) is 6.13. The Morgan fingerprint density at radius 1 is 1.20 bits per heavy atom. The van der Waals surface area contributed by atoms with Gasteiger partial charge in [-0.2, -0.15) is 0 Å². The highest BCUT2D eigenvalue weighted by Crippen LogP contribution is 2.38. The van der Waals surface area contributed by atoms with Crippen LogP contribution in [0.5, 0.6) is 0 Å². The smallest absolute Gasteiger partial charge is 0.271 e. The SMILES string of the molecule is Nc1cc(Br)cc(Br)c1NS(=O)(=O)c1cc(Cl)c(Br)s1. The quantitative estimate of drug-likeness (QED) is 0.550. The van der Waals surface area contributed by atoms with Gasteiger partial charge in [-0.05, 0) is 50.1 Å². The molecule has 1 aromatic carbocycles. The van der Waals surface area contributed by atoms with E-state index in [9.17, 15) is 8.42 Å². The fraction of sp³-hybridized carbons (Fsp3) is 0. The lowest BCUT2D eigenvalue weighted by atomic mass is 10.3. The van der Waals surface area contributed by atoms with Gasteiger partial charge in [0.25, 0.3) is 10.0 Å². The molecular weight excluding hydrogens is 519 g/mol. The zero-order valence-corrected chi connectivity index (χ0v) is 16.6. The van der Waals surface area contributed by atoms with E-state index in [0.717, 1.165) is 15.8 Å². The fourth-order valence-electron chi connectivity index (χ4n) is 1.35. The Labute approximate surface area is 150 Å². The van der Waals surface area contributed by atoms with Crippen molar-refractivity contribution in [1.82, 2.24) is 0 Å². The van der Waals surface area contributed by atoms with Gasteiger partial charge in [0, 0.05) is 8.95 Å². The lowest BCUT2D eigenvalue weighted by molar-refractivity contribution is 0.603. The highest BCUT2D eigenvalue weighted by atomic mass is 79.9. The molecule has 1 aromatic heterocycles. The largest absolute Gasteiger partial charge is 0.397 e. The molecular formula is C10H6Br3ClN2O2S2. The minimum Gasteiger partial charge on any atom is -0.397 e. The zero-order chi connectivity index (χ0) is 15.1. The molecule has 2 aromatic rings. The Morgan fingerprint density at radius 3 is 2.35 bits per heavy atom. The predicted molar refractivity (Wildman–Crippen MR) is 94.1 cm³/mol. The first-order valence-electron chi connectivity index (χ1n) is 4.93. The van der Waals surface area contributed by atoms with Crippen LogP contribution in [0.15, 0.2) is 35.1 Å². The molecule has 0 amide bonds. The lowest BCUT2D eigenvalue weighted by Gasteiger charge is -2.11. The Hall–Kier alpha value is 0.200. The second-order valence-corrected chi connectivity index (χ2v) is 10.1. The summed E-state index contributed by atoms with van der Waals surface area (Å²) in [7, 11) is -3.74. The molecule has 0 aliphatic heterocycles. The van der Waals surface area contributed by atoms with E-state index in [1.165, 1.54) is 6.07 Å². The first-order chi connectivity index (χ1) is 9.20. The summed E-state index contributed by atoms with van der Waals surface area (Å²) in [5.74, 6) is 0. The summed E-state index contributed by atoms with van der Waals surface area (Å²) in [6.45, 7) is 0. The van der Waals surface area contributed by atoms with Crippen LogP contribution in [0.1, 0.15) is 0 Å². The Bertz CT molecular complexity index is 734. The van der Waals surface area contributed by atoms with Crippen molar-refractivity contribution >= 4 is 92.1 Å². The van der Waals surface area contributed by atoms with E-state index in [-0.39, 0.29) is 9.90 Å². The van der Waals surface area contributed by atoms with Gasteiger partial charge in [-0.1, -0.05) is 27.5 Å². The molecule has 0 atom stereocenters. The molecule has 4 nitrogen and oxygen atoms in total. The number of sulfonamides is 1. The normalized spacial score (nSPS) is 11.6. The maximum atomic E-state index is 12.3. The Balaban J connectivity index is 2.43. The third-order valence-electron chi connectivity index (χ3n) is 2.21. The topological polar surface area (TPSA) is 72.2 Å². The number of hydrogen-bond acceptors (Lipinski definition) is 4. The van der Waals surface area contributed by atoms with Gasteiger partial charge in [0.15, 0.2) is 0 Å². The first kappa shape index (κ1) is 16.6. The van der Waals surface area contributed by atoms with Crippen LogP contribution < -0.4 is 10.5 Å². The van der Waals surface area contributed by atoms with Gasteiger partial charge in [0.05, 0.1) is 20.2 Å². The number of nitrogen functional groups attached to an aromatic ring is 1. The van der Waals surface area contributed by atoms with Crippen molar-refractivity contribution in [2.75, 3.05) is 10.5 Å². The molecule has 0 bridgehead atoms. The van der Waals surface area contributed by atoms with E-state index in [4.69, 9.17) is 17.3 Å². The fourth-order valence-corrected chi connectivity index (χ4v) is 6.34. The third-order valence-corrected chi connectivity index (χ3v) is 7.59. The predicted octanol–water partition coefficient (Wildman–Crippen LogP) is 5.07. The summed E-state index contributed by atoms with van der Waals surface area (Å²) in [5, 5.41) is 0.346. The van der Waals surface area contributed by atoms with Crippen molar-refractivity contribution < 1.29 is 8.42 Å². The van der Waals surface area contributed by atoms with Crippen LogP contribution in [0.3, 0.4) is 0 Å². The van der Waals surface area contributed by atoms with E-state index in [1.54, 1.807) is 12.1 Å². The van der Waals surface area contributed by atoms with Crippen LogP contribution in [0.25, 0.3) is 0 Å². The van der Waals surface area contributed by atoms with E-state index in [2.05, 4.69) is 52.5 Å². The average Bonchev–Trinajstić information content (AvgIpc) is 2.65. The van der Waals surface area contributed by atoms with Crippen LogP contribution in [0.4, 0.5) is 11.4 Å². The molecule has 1 heterocycles. The van der Waals surface area contributed by atoms with Crippen LogP contribution in [-0.4, -0.2) is 8.42 Å². The first-order valence-corrected chi connectivity index (χ1v) is 9.98. The van der Waals surface area contributed by atoms with E-state index in [0.29, 0.717) is 19.0 Å². The Morgan fingerprint density at radius 2 is 1.85 bits per heavy atom. The number of thiophene rings is 1. The number of nitrogens with two attached hydrogens (primary N) is 1. The summed E-state index contributed by atoms with van der Waals surface area (Å²) in [6.07, 6.45) is 0. The van der Waals surface area contributed by atoms with E-state index >= 15 is 0 Å². The number of hydrogen-bond donors (Lipinski definition) is 2. The molecule has 0 aliphatic carbocycles. The number of benzene rings is 1. The monoisotopic (exact) mass is 522 g/mol. The van der Waals surface area contributed by atoms with Crippen molar-refractivity contribution in [3.05, 3.63) is 36.0 Å². The molecule has 0 saturated carbocycles. The van der Waals surface area contributed by atoms with E-state index in [1.807, 2.05) is 0 Å². The summed E-state index contributed by atoms with van der Waals surface area (Å²) < 4.78 is 29.0. The minimum absolute atomic E-state index is 0.101. The lowest BCUT2D eigenvalue weighted by Crippen LogP contribution is -2.13. The van der Waals surface area contributed by atoms with Crippen LogP contribution in [0.2, 0.25) is 5.02 Å². The van der Waals surface area contributed by atoms with E-state index < -0.39 is 10.0 Å².